The van der Waals surface area contributed by atoms with Gasteiger partial charge >= 0.3 is 0 Å². The zero-order valence-electron chi connectivity index (χ0n) is 21.0. The second-order valence-corrected chi connectivity index (χ2v) is 12.0. The Balaban J connectivity index is 1.13. The third-order valence-corrected chi connectivity index (χ3v) is 9.42. The van der Waals surface area contributed by atoms with Gasteiger partial charge in [0, 0.05) is 0 Å². The highest BCUT2D eigenvalue weighted by Crippen LogP contribution is 2.46. The van der Waals surface area contributed by atoms with E-state index < -0.39 is 0 Å². The second kappa shape index (κ2) is 11.4. The van der Waals surface area contributed by atoms with Gasteiger partial charge in [0.1, 0.15) is 18.3 Å². The molecule has 0 bridgehead atoms. The van der Waals surface area contributed by atoms with E-state index >= 15 is 0 Å². The smallest absolute Gasteiger partial charge is 0.104 e. The summed E-state index contributed by atoms with van der Waals surface area (Å²) in [6.45, 7) is 4.99. The number of hydrogen-bond donors (Lipinski definition) is 0. The van der Waals surface area contributed by atoms with Crippen LogP contribution in [0.4, 0.5) is 0 Å². The van der Waals surface area contributed by atoms with Gasteiger partial charge in [-0.05, 0) is 68.6 Å². The minimum absolute atomic E-state index is 0.331. The fourth-order valence-electron chi connectivity index (χ4n) is 7.31. The van der Waals surface area contributed by atoms with Crippen LogP contribution in [0.2, 0.25) is 0 Å². The van der Waals surface area contributed by atoms with Gasteiger partial charge in [-0.25, -0.2) is 0 Å². The zero-order valence-corrected chi connectivity index (χ0v) is 21.0. The van der Waals surface area contributed by atoms with Crippen molar-refractivity contribution in [2.75, 3.05) is 39.6 Å². The van der Waals surface area contributed by atoms with Crippen LogP contribution in [-0.2, 0) is 28.4 Å². The first-order chi connectivity index (χ1) is 16.8. The van der Waals surface area contributed by atoms with Crippen molar-refractivity contribution in [1.29, 1.82) is 0 Å². The second-order valence-electron chi connectivity index (χ2n) is 12.0. The first kappa shape index (κ1) is 24.1. The van der Waals surface area contributed by atoms with Crippen LogP contribution in [0.5, 0.6) is 0 Å². The van der Waals surface area contributed by atoms with E-state index in [1.807, 2.05) is 0 Å². The molecule has 6 heteroatoms. The van der Waals surface area contributed by atoms with Gasteiger partial charge in [0.25, 0.3) is 0 Å². The normalized spacial score (nSPS) is 46.2. The van der Waals surface area contributed by atoms with E-state index in [2.05, 4.69) is 0 Å². The van der Waals surface area contributed by atoms with E-state index in [0.717, 1.165) is 39.6 Å². The summed E-state index contributed by atoms with van der Waals surface area (Å²) >= 11 is 0. The molecule has 10 atom stereocenters. The fourth-order valence-corrected chi connectivity index (χ4v) is 7.31. The molecule has 0 radical (unpaired) electrons. The standard InChI is InChI=1S/C28H46O6/c1-3-10-26(32-16-21-13-29-21)19(6-1)12-20-7-5-9-25(28(20)34-18-23-15-31-23)24-8-2-4-11-27(24)33-17-22-14-30-22/h19-28H,1-18H2. The van der Waals surface area contributed by atoms with Crippen molar-refractivity contribution < 1.29 is 28.4 Å². The Hall–Kier alpha value is -0.240. The predicted octanol–water partition coefficient (Wildman–Crippen LogP) is 4.53. The third-order valence-electron chi connectivity index (χ3n) is 9.42. The summed E-state index contributed by atoms with van der Waals surface area (Å²) in [7, 11) is 0. The van der Waals surface area contributed by atoms with E-state index in [0.29, 0.717) is 60.3 Å². The highest BCUT2D eigenvalue weighted by molar-refractivity contribution is 4.94. The molecule has 6 rings (SSSR count). The lowest BCUT2D eigenvalue weighted by Crippen LogP contribution is -2.46. The zero-order chi connectivity index (χ0) is 22.7. The molecule has 0 spiro atoms. The molecule has 0 aromatic rings. The van der Waals surface area contributed by atoms with E-state index in [1.54, 1.807) is 0 Å². The lowest BCUT2D eigenvalue weighted by Gasteiger charge is -2.47. The molecule has 0 amide bonds. The van der Waals surface area contributed by atoms with Crippen LogP contribution >= 0.6 is 0 Å². The van der Waals surface area contributed by atoms with Crippen LogP contribution in [-0.4, -0.2) is 76.3 Å². The first-order valence-corrected chi connectivity index (χ1v) is 14.5. The van der Waals surface area contributed by atoms with Crippen LogP contribution < -0.4 is 0 Å². The molecule has 0 aromatic carbocycles. The number of rotatable bonds is 12. The quantitative estimate of drug-likeness (QED) is 0.384. The molecule has 3 saturated heterocycles. The Kier molecular flexibility index (Phi) is 8.11. The summed E-state index contributed by atoms with van der Waals surface area (Å²) in [5.41, 5.74) is 0. The Morgan fingerprint density at radius 1 is 0.500 bits per heavy atom. The SMILES string of the molecule is C1CCC(OCC2CO2)C(CC2CCCC(C3CCCCC3OCC3CO3)C2OCC2CO2)C1. The minimum atomic E-state index is 0.331. The van der Waals surface area contributed by atoms with Crippen molar-refractivity contribution in [3.8, 4) is 0 Å². The van der Waals surface area contributed by atoms with Crippen molar-refractivity contribution in [3.63, 3.8) is 0 Å². The van der Waals surface area contributed by atoms with Crippen molar-refractivity contribution in [2.45, 2.75) is 114 Å². The van der Waals surface area contributed by atoms with Gasteiger partial charge in [-0.2, -0.15) is 0 Å². The van der Waals surface area contributed by atoms with Crippen LogP contribution in [0.25, 0.3) is 0 Å². The van der Waals surface area contributed by atoms with Gasteiger partial charge in [-0.3, -0.25) is 0 Å². The number of ether oxygens (including phenoxy) is 6. The van der Waals surface area contributed by atoms with Crippen molar-refractivity contribution in [3.05, 3.63) is 0 Å². The summed E-state index contributed by atoms with van der Waals surface area (Å²) in [6.07, 6.45) is 17.7. The van der Waals surface area contributed by atoms with E-state index in [9.17, 15) is 0 Å². The molecule has 3 heterocycles. The average Bonchev–Trinajstić information content (AvgIpc) is 3.71. The molecule has 0 N–H and O–H groups in total. The summed E-state index contributed by atoms with van der Waals surface area (Å²) in [6, 6.07) is 0. The molecular formula is C28H46O6. The monoisotopic (exact) mass is 478 g/mol. The minimum Gasteiger partial charge on any atom is -0.375 e. The average molecular weight is 479 g/mol. The molecule has 6 nitrogen and oxygen atoms in total. The van der Waals surface area contributed by atoms with Gasteiger partial charge in [0.05, 0.1) is 58.0 Å². The Morgan fingerprint density at radius 3 is 1.74 bits per heavy atom. The van der Waals surface area contributed by atoms with Gasteiger partial charge in [0.15, 0.2) is 0 Å². The first-order valence-electron chi connectivity index (χ1n) is 14.5. The van der Waals surface area contributed by atoms with Crippen molar-refractivity contribution in [1.82, 2.24) is 0 Å². The van der Waals surface area contributed by atoms with Crippen LogP contribution in [0.15, 0.2) is 0 Å². The van der Waals surface area contributed by atoms with Crippen LogP contribution in [0.3, 0.4) is 0 Å². The number of hydrogen-bond acceptors (Lipinski definition) is 6. The van der Waals surface area contributed by atoms with E-state index in [4.69, 9.17) is 28.4 Å². The molecule has 3 aliphatic carbocycles. The Bertz CT molecular complexity index is 632. The van der Waals surface area contributed by atoms with Gasteiger partial charge < -0.3 is 28.4 Å². The summed E-state index contributed by atoms with van der Waals surface area (Å²) in [5, 5.41) is 0. The van der Waals surface area contributed by atoms with E-state index in [1.165, 1.54) is 77.0 Å². The molecule has 3 saturated carbocycles. The van der Waals surface area contributed by atoms with Crippen LogP contribution in [0.1, 0.15) is 77.0 Å². The maximum Gasteiger partial charge on any atom is 0.104 e. The molecule has 34 heavy (non-hydrogen) atoms. The maximum absolute atomic E-state index is 6.79. The molecular weight excluding hydrogens is 432 g/mol. The lowest BCUT2D eigenvalue weighted by molar-refractivity contribution is -0.119. The predicted molar refractivity (Wildman–Crippen MR) is 128 cm³/mol. The lowest BCUT2D eigenvalue weighted by atomic mass is 9.65. The summed E-state index contributed by atoms with van der Waals surface area (Å²) in [5.74, 6) is 2.56. The largest absolute Gasteiger partial charge is 0.375 e. The molecule has 10 unspecified atom stereocenters. The van der Waals surface area contributed by atoms with E-state index in [-0.39, 0.29) is 0 Å². The summed E-state index contributed by atoms with van der Waals surface area (Å²) in [4.78, 5) is 0. The topological polar surface area (TPSA) is 65.3 Å². The molecule has 3 aliphatic heterocycles. The summed E-state index contributed by atoms with van der Waals surface area (Å²) < 4.78 is 36.1. The highest BCUT2D eigenvalue weighted by atomic mass is 16.6. The molecule has 194 valence electrons. The highest BCUT2D eigenvalue weighted by Gasteiger charge is 2.45. The van der Waals surface area contributed by atoms with Gasteiger partial charge in [-0.15, -0.1) is 0 Å². The molecule has 0 aromatic heterocycles. The third kappa shape index (κ3) is 6.54. The van der Waals surface area contributed by atoms with Gasteiger partial charge in [-0.1, -0.05) is 32.1 Å². The molecule has 6 fully saturated rings. The Morgan fingerprint density at radius 2 is 1.03 bits per heavy atom. The van der Waals surface area contributed by atoms with Crippen LogP contribution in [0, 0.1) is 23.7 Å². The van der Waals surface area contributed by atoms with Crippen molar-refractivity contribution in [2.24, 2.45) is 23.7 Å². The Labute approximate surface area is 205 Å². The molecule has 6 aliphatic rings. The maximum atomic E-state index is 6.79. The van der Waals surface area contributed by atoms with Crippen molar-refractivity contribution >= 4 is 0 Å². The fraction of sp³-hybridized carbons (Fsp3) is 1.00. The van der Waals surface area contributed by atoms with Gasteiger partial charge in [0.2, 0.25) is 0 Å². The number of epoxide rings is 3.